The Hall–Kier alpha value is -0.740. The Morgan fingerprint density at radius 3 is 2.46 bits per heavy atom. The number of aromatic hydroxyl groups is 1. The van der Waals surface area contributed by atoms with Gasteiger partial charge in [-0.15, -0.1) is 22.9 Å². The molecule has 2 atom stereocenters. The molecule has 144 valence electrons. The molecule has 2 aromatic rings. The van der Waals surface area contributed by atoms with Crippen LogP contribution >= 0.6 is 34.5 Å². The molecule has 0 spiro atoms. The van der Waals surface area contributed by atoms with Crippen LogP contribution in [0.25, 0.3) is 0 Å². The molecule has 1 heterocycles. The molecule has 2 unspecified atom stereocenters. The van der Waals surface area contributed by atoms with Crippen molar-refractivity contribution >= 4 is 34.5 Å². The van der Waals surface area contributed by atoms with E-state index < -0.39 is 0 Å². The van der Waals surface area contributed by atoms with E-state index in [2.05, 4.69) is 13.0 Å². The normalized spacial score (nSPS) is 19.2. The highest BCUT2D eigenvalue weighted by molar-refractivity contribution is 7.11. The van der Waals surface area contributed by atoms with Gasteiger partial charge in [-0.25, -0.2) is 0 Å². The number of rotatable bonds is 6. The molecule has 3 rings (SSSR count). The molecule has 0 bridgehead atoms. The number of phenolic OH excluding ortho intramolecular Hbond substituents is 1. The summed E-state index contributed by atoms with van der Waals surface area (Å²) in [6, 6.07) is 9.37. The minimum atomic E-state index is 0.189. The number of thiophene rings is 1. The van der Waals surface area contributed by atoms with Gasteiger partial charge in [0.25, 0.3) is 0 Å². The van der Waals surface area contributed by atoms with Gasteiger partial charge in [0.05, 0.1) is 6.61 Å². The van der Waals surface area contributed by atoms with Crippen molar-refractivity contribution in [2.45, 2.75) is 63.9 Å². The van der Waals surface area contributed by atoms with Crippen LogP contribution in [0.15, 0.2) is 30.3 Å². The predicted molar refractivity (Wildman–Crippen MR) is 113 cm³/mol. The summed E-state index contributed by atoms with van der Waals surface area (Å²) >= 11 is 13.7. The van der Waals surface area contributed by atoms with Crippen LogP contribution in [0.5, 0.6) is 5.75 Å². The van der Waals surface area contributed by atoms with E-state index in [1.165, 1.54) is 17.7 Å². The maximum atomic E-state index is 9.42. The van der Waals surface area contributed by atoms with E-state index in [-0.39, 0.29) is 12.4 Å². The second kappa shape index (κ2) is 11.2. The summed E-state index contributed by atoms with van der Waals surface area (Å²) in [6.07, 6.45) is 7.96. The lowest BCUT2D eigenvalue weighted by atomic mass is 9.98. The maximum Gasteiger partial charge on any atom is 0.117 e. The van der Waals surface area contributed by atoms with Gasteiger partial charge in [-0.2, -0.15) is 0 Å². The Kier molecular flexibility index (Phi) is 9.27. The average molecular weight is 415 g/mol. The molecule has 1 aromatic carbocycles. The van der Waals surface area contributed by atoms with Gasteiger partial charge in [0.2, 0.25) is 0 Å². The number of hydrogen-bond acceptors (Lipinski definition) is 3. The zero-order valence-corrected chi connectivity index (χ0v) is 17.6. The lowest BCUT2D eigenvalue weighted by molar-refractivity contribution is 0.285. The Labute approximate surface area is 170 Å². The third-order valence-electron chi connectivity index (χ3n) is 4.63. The van der Waals surface area contributed by atoms with E-state index in [1.54, 1.807) is 23.5 Å². The molecule has 1 aliphatic carbocycles. The number of alkyl halides is 1. The Balaban J connectivity index is 0.000000209. The molecular weight excluding hydrogens is 387 g/mol. The number of halogens is 2. The zero-order valence-electron chi connectivity index (χ0n) is 15.3. The summed E-state index contributed by atoms with van der Waals surface area (Å²) in [5.41, 5.74) is 1.11. The fourth-order valence-electron chi connectivity index (χ4n) is 3.31. The summed E-state index contributed by atoms with van der Waals surface area (Å²) in [7, 11) is 0. The van der Waals surface area contributed by atoms with Crippen LogP contribution in [-0.2, 0) is 19.4 Å². The van der Waals surface area contributed by atoms with Crippen molar-refractivity contribution in [3.63, 3.8) is 0 Å². The summed E-state index contributed by atoms with van der Waals surface area (Å²) in [5.74, 6) is 0.993. The monoisotopic (exact) mass is 414 g/mol. The van der Waals surface area contributed by atoms with Crippen molar-refractivity contribution in [3.05, 3.63) is 50.7 Å². The molecule has 0 amide bonds. The lowest BCUT2D eigenvalue weighted by Crippen LogP contribution is -1.98. The standard InChI is InChI=1S/C13H16Cl2O.C8H12OS/c14-11-4-3-9(5-11)1-2-10-6-12(15)8-13(16)7-10;1-2-3-7-4-5-8(6-9)10-7/h6-9,11,16H,1-5H2;4-5,9H,2-3,6H2,1H3. The number of aliphatic hydroxyl groups is 1. The fourth-order valence-corrected chi connectivity index (χ4v) is 4.92. The first kappa shape index (κ1) is 21.6. The molecule has 5 heteroatoms. The second-order valence-electron chi connectivity index (χ2n) is 6.91. The van der Waals surface area contributed by atoms with Crippen LogP contribution < -0.4 is 0 Å². The quantitative estimate of drug-likeness (QED) is 0.523. The minimum Gasteiger partial charge on any atom is -0.508 e. The first-order chi connectivity index (χ1) is 12.5. The largest absolute Gasteiger partial charge is 0.508 e. The van der Waals surface area contributed by atoms with Crippen LogP contribution in [0.3, 0.4) is 0 Å². The number of benzene rings is 1. The molecule has 2 nitrogen and oxygen atoms in total. The predicted octanol–water partition coefficient (Wildman–Crippen LogP) is 6.58. The average Bonchev–Trinajstić information content (AvgIpc) is 3.22. The zero-order chi connectivity index (χ0) is 18.9. The van der Waals surface area contributed by atoms with Crippen LogP contribution in [-0.4, -0.2) is 15.6 Å². The molecule has 1 aromatic heterocycles. The molecular formula is C21H28Cl2O2S. The van der Waals surface area contributed by atoms with Gasteiger partial charge in [-0.1, -0.05) is 24.9 Å². The van der Waals surface area contributed by atoms with Gasteiger partial charge < -0.3 is 10.2 Å². The van der Waals surface area contributed by atoms with Gasteiger partial charge in [0, 0.05) is 20.2 Å². The van der Waals surface area contributed by atoms with Crippen LogP contribution in [0.1, 0.15) is 54.3 Å². The topological polar surface area (TPSA) is 40.5 Å². The second-order valence-corrected chi connectivity index (χ2v) is 9.22. The van der Waals surface area contributed by atoms with Crippen LogP contribution in [0, 0.1) is 5.92 Å². The molecule has 26 heavy (non-hydrogen) atoms. The lowest BCUT2D eigenvalue weighted by Gasteiger charge is -2.09. The maximum absolute atomic E-state index is 9.42. The van der Waals surface area contributed by atoms with E-state index in [0.29, 0.717) is 10.4 Å². The molecule has 0 saturated heterocycles. The molecule has 1 saturated carbocycles. The SMILES string of the molecule is CCCc1ccc(CO)s1.Oc1cc(Cl)cc(CCC2CCC(Cl)C2)c1. The molecule has 1 fully saturated rings. The highest BCUT2D eigenvalue weighted by atomic mass is 35.5. The van der Waals surface area contributed by atoms with E-state index in [9.17, 15) is 5.11 Å². The smallest absolute Gasteiger partial charge is 0.117 e. The van der Waals surface area contributed by atoms with Crippen molar-refractivity contribution < 1.29 is 10.2 Å². The summed E-state index contributed by atoms with van der Waals surface area (Å²) < 4.78 is 0. The van der Waals surface area contributed by atoms with Crippen molar-refractivity contribution in [3.8, 4) is 5.75 Å². The molecule has 2 N–H and O–H groups in total. The third kappa shape index (κ3) is 7.48. The molecule has 0 radical (unpaired) electrons. The van der Waals surface area contributed by atoms with Gasteiger partial charge in [-0.3, -0.25) is 0 Å². The third-order valence-corrected chi connectivity index (χ3v) is 6.37. The summed E-state index contributed by atoms with van der Waals surface area (Å²) in [4.78, 5) is 2.45. The van der Waals surface area contributed by atoms with Gasteiger partial charge >= 0.3 is 0 Å². The fraction of sp³-hybridized carbons (Fsp3) is 0.524. The van der Waals surface area contributed by atoms with Gasteiger partial charge in [0.1, 0.15) is 5.75 Å². The number of aryl methyl sites for hydroxylation is 2. The number of aliphatic hydroxyl groups excluding tert-OH is 1. The van der Waals surface area contributed by atoms with Crippen molar-refractivity contribution in [1.29, 1.82) is 0 Å². The van der Waals surface area contributed by atoms with Crippen molar-refractivity contribution in [2.24, 2.45) is 5.92 Å². The summed E-state index contributed by atoms with van der Waals surface area (Å²) in [6.45, 7) is 2.35. The number of hydrogen-bond donors (Lipinski definition) is 2. The highest BCUT2D eigenvalue weighted by Crippen LogP contribution is 2.33. The molecule has 0 aliphatic heterocycles. The van der Waals surface area contributed by atoms with Gasteiger partial charge in [-0.05, 0) is 80.3 Å². The van der Waals surface area contributed by atoms with Crippen molar-refractivity contribution in [2.75, 3.05) is 0 Å². The van der Waals surface area contributed by atoms with E-state index in [0.717, 1.165) is 48.5 Å². The minimum absolute atomic E-state index is 0.189. The van der Waals surface area contributed by atoms with Crippen LogP contribution in [0.4, 0.5) is 0 Å². The Morgan fingerprint density at radius 1 is 1.12 bits per heavy atom. The van der Waals surface area contributed by atoms with E-state index in [4.69, 9.17) is 28.3 Å². The highest BCUT2D eigenvalue weighted by Gasteiger charge is 2.22. The van der Waals surface area contributed by atoms with E-state index >= 15 is 0 Å². The van der Waals surface area contributed by atoms with Gasteiger partial charge in [0.15, 0.2) is 0 Å². The first-order valence-electron chi connectivity index (χ1n) is 9.31. The number of phenols is 1. The molecule has 1 aliphatic rings. The van der Waals surface area contributed by atoms with E-state index in [1.807, 2.05) is 12.1 Å². The summed E-state index contributed by atoms with van der Waals surface area (Å²) in [5, 5.41) is 19.1. The Morgan fingerprint density at radius 2 is 1.88 bits per heavy atom. The Bertz CT molecular complexity index is 652. The van der Waals surface area contributed by atoms with Crippen LogP contribution in [0.2, 0.25) is 5.02 Å². The van der Waals surface area contributed by atoms with Crippen molar-refractivity contribution in [1.82, 2.24) is 0 Å². The first-order valence-corrected chi connectivity index (χ1v) is 10.9.